The van der Waals surface area contributed by atoms with Gasteiger partial charge in [0.2, 0.25) is 0 Å². The molecule has 28 heavy (non-hydrogen) atoms. The lowest BCUT2D eigenvalue weighted by Crippen LogP contribution is -2.40. The van der Waals surface area contributed by atoms with Crippen LogP contribution in [0.2, 0.25) is 5.02 Å². The summed E-state index contributed by atoms with van der Waals surface area (Å²) in [4.78, 5) is 18.5. The predicted octanol–water partition coefficient (Wildman–Crippen LogP) is 5.55. The van der Waals surface area contributed by atoms with E-state index in [0.717, 1.165) is 10.1 Å². The maximum Gasteiger partial charge on any atom is 0.320 e. The van der Waals surface area contributed by atoms with Crippen LogP contribution in [-0.4, -0.2) is 27.5 Å². The van der Waals surface area contributed by atoms with Gasteiger partial charge in [-0.1, -0.05) is 35.9 Å². The Morgan fingerprint density at radius 1 is 1.14 bits per heavy atom. The number of carbonyl (C=O) groups is 1. The van der Waals surface area contributed by atoms with E-state index in [1.807, 2.05) is 19.1 Å². The number of benzene rings is 2. The van der Waals surface area contributed by atoms with Gasteiger partial charge in [-0.2, -0.15) is 8.78 Å². The van der Waals surface area contributed by atoms with Crippen LogP contribution in [0.25, 0.3) is 11.0 Å². The molecule has 0 bridgehead atoms. The largest absolute Gasteiger partial charge is 0.328 e. The molecular weight excluding hydrogens is 386 g/mol. The first-order valence-electron chi connectivity index (χ1n) is 8.83. The first-order valence-corrected chi connectivity index (χ1v) is 9.21. The summed E-state index contributed by atoms with van der Waals surface area (Å²) in [5, 5.41) is 3.37. The fourth-order valence-corrected chi connectivity index (χ4v) is 3.19. The van der Waals surface area contributed by atoms with Crippen LogP contribution in [0, 0.1) is 0 Å². The molecule has 0 spiro atoms. The van der Waals surface area contributed by atoms with Gasteiger partial charge in [-0.15, -0.1) is 0 Å². The van der Waals surface area contributed by atoms with E-state index >= 15 is 0 Å². The summed E-state index contributed by atoms with van der Waals surface area (Å²) in [6, 6.07) is 12.6. The molecule has 2 aromatic carbocycles. The van der Waals surface area contributed by atoms with Crippen molar-refractivity contribution >= 4 is 28.7 Å². The second-order valence-corrected chi connectivity index (χ2v) is 7.05. The average molecular weight is 407 g/mol. The van der Waals surface area contributed by atoms with E-state index in [1.165, 1.54) is 4.90 Å². The molecule has 0 aliphatic rings. The summed E-state index contributed by atoms with van der Waals surface area (Å²) >= 11 is 5.91. The fraction of sp³-hybridized carbons (Fsp3) is 0.300. The Hall–Kier alpha value is -2.67. The predicted molar refractivity (Wildman–Crippen MR) is 106 cm³/mol. The number of imidazole rings is 1. The first-order chi connectivity index (χ1) is 13.3. The van der Waals surface area contributed by atoms with Gasteiger partial charge < -0.3 is 10.2 Å². The molecule has 1 heterocycles. The van der Waals surface area contributed by atoms with Crippen molar-refractivity contribution < 1.29 is 13.6 Å². The van der Waals surface area contributed by atoms with Gasteiger partial charge in [0.05, 0.1) is 23.1 Å². The van der Waals surface area contributed by atoms with Crippen LogP contribution in [0.5, 0.6) is 0 Å². The van der Waals surface area contributed by atoms with Crippen molar-refractivity contribution in [1.82, 2.24) is 19.8 Å². The van der Waals surface area contributed by atoms with Gasteiger partial charge in [0, 0.05) is 12.1 Å². The number of urea groups is 1. The third-order valence-corrected chi connectivity index (χ3v) is 5.05. The molecule has 5 nitrogen and oxygen atoms in total. The number of alkyl halides is 2. The van der Waals surface area contributed by atoms with Crippen LogP contribution in [0.15, 0.2) is 48.5 Å². The van der Waals surface area contributed by atoms with Crippen LogP contribution < -0.4 is 5.32 Å². The highest BCUT2D eigenvalue weighted by Crippen LogP contribution is 2.27. The van der Waals surface area contributed by atoms with Gasteiger partial charge in [0.15, 0.2) is 0 Å². The van der Waals surface area contributed by atoms with Gasteiger partial charge in [0.1, 0.15) is 5.82 Å². The highest BCUT2D eigenvalue weighted by Gasteiger charge is 2.25. The summed E-state index contributed by atoms with van der Waals surface area (Å²) in [6.45, 7) is 0.758. The number of hydrogen-bond acceptors (Lipinski definition) is 2. The molecule has 0 fully saturated rings. The van der Waals surface area contributed by atoms with E-state index in [9.17, 15) is 13.6 Å². The summed E-state index contributed by atoms with van der Waals surface area (Å²) in [6.07, 6.45) is 0. The average Bonchev–Trinajstić information content (AvgIpc) is 3.07. The number of amides is 2. The molecule has 1 aromatic heterocycles. The normalized spacial score (nSPS) is 13.5. The van der Waals surface area contributed by atoms with Crippen molar-refractivity contribution in [2.75, 3.05) is 7.05 Å². The number of nitrogens with one attached hydrogen (secondary N) is 1. The Bertz CT molecular complexity index is 974. The molecule has 0 radical (unpaired) electrons. The molecule has 0 aliphatic heterocycles. The minimum atomic E-state index is -2.76. The highest BCUT2D eigenvalue weighted by molar-refractivity contribution is 6.30. The summed E-state index contributed by atoms with van der Waals surface area (Å²) in [5.41, 5.74) is 1.70. The monoisotopic (exact) mass is 406 g/mol. The molecule has 3 rings (SSSR count). The topological polar surface area (TPSA) is 50.2 Å². The smallest absolute Gasteiger partial charge is 0.320 e. The lowest BCUT2D eigenvalue weighted by Gasteiger charge is -2.27. The molecule has 0 saturated heterocycles. The molecule has 148 valence electrons. The van der Waals surface area contributed by atoms with Gasteiger partial charge in [-0.3, -0.25) is 4.57 Å². The number of hydrogen-bond donors (Lipinski definition) is 1. The van der Waals surface area contributed by atoms with Gasteiger partial charge in [-0.25, -0.2) is 9.78 Å². The number of para-hydroxylation sites is 2. The molecule has 3 aromatic rings. The number of carbonyl (C=O) groups excluding carboxylic acids is 1. The zero-order valence-corrected chi connectivity index (χ0v) is 16.5. The Morgan fingerprint density at radius 2 is 1.79 bits per heavy atom. The van der Waals surface area contributed by atoms with Crippen LogP contribution in [0.3, 0.4) is 0 Å². The second-order valence-electron chi connectivity index (χ2n) is 6.62. The summed E-state index contributed by atoms with van der Waals surface area (Å²) in [7, 11) is 1.65. The number of halogens is 3. The molecular formula is C20H21ClF2N4O. The van der Waals surface area contributed by atoms with Crippen molar-refractivity contribution in [3.05, 3.63) is 64.9 Å². The van der Waals surface area contributed by atoms with Crippen molar-refractivity contribution in [3.8, 4) is 0 Å². The maximum atomic E-state index is 13.6. The molecule has 8 heteroatoms. The molecule has 0 saturated carbocycles. The quantitative estimate of drug-likeness (QED) is 0.604. The number of rotatable bonds is 5. The Kier molecular flexibility index (Phi) is 5.84. The standard InChI is InChI=1S/C20H21ClF2N4O/c1-12(18-25-16-6-4-5-7-17(16)27(18)19(22)23)24-20(28)26(3)13(2)14-8-10-15(21)11-9-14/h4-13,19H,1-3H3,(H,24,28)/t12-,13-/m0/s1. The highest BCUT2D eigenvalue weighted by atomic mass is 35.5. The van der Waals surface area contributed by atoms with Crippen LogP contribution in [0.4, 0.5) is 13.6 Å². The van der Waals surface area contributed by atoms with E-state index in [1.54, 1.807) is 50.4 Å². The summed E-state index contributed by atoms with van der Waals surface area (Å²) < 4.78 is 28.1. The van der Waals surface area contributed by atoms with Gasteiger partial charge >= 0.3 is 12.6 Å². The zero-order valence-electron chi connectivity index (χ0n) is 15.7. The SMILES string of the molecule is C[C@H](NC(=O)N(C)[C@@H](C)c1ccc(Cl)cc1)c1nc2ccccc2n1C(F)F. The van der Waals surface area contributed by atoms with Crippen LogP contribution >= 0.6 is 11.6 Å². The van der Waals surface area contributed by atoms with E-state index in [-0.39, 0.29) is 17.9 Å². The number of aromatic nitrogens is 2. The number of nitrogens with zero attached hydrogens (tertiary/aromatic N) is 3. The lowest BCUT2D eigenvalue weighted by atomic mass is 10.1. The van der Waals surface area contributed by atoms with Crippen molar-refractivity contribution in [3.63, 3.8) is 0 Å². The van der Waals surface area contributed by atoms with E-state index < -0.39 is 12.6 Å². The van der Waals surface area contributed by atoms with Crippen molar-refractivity contribution in [1.29, 1.82) is 0 Å². The third-order valence-electron chi connectivity index (χ3n) is 4.80. The fourth-order valence-electron chi connectivity index (χ4n) is 3.07. The third kappa shape index (κ3) is 3.94. The molecule has 0 unspecified atom stereocenters. The van der Waals surface area contributed by atoms with Gasteiger partial charge in [-0.05, 0) is 43.7 Å². The first kappa shape index (κ1) is 20.1. The van der Waals surface area contributed by atoms with Crippen molar-refractivity contribution in [2.45, 2.75) is 32.5 Å². The second kappa shape index (κ2) is 8.14. The maximum absolute atomic E-state index is 13.6. The van der Waals surface area contributed by atoms with E-state index in [0.29, 0.717) is 16.1 Å². The summed E-state index contributed by atoms with van der Waals surface area (Å²) in [5.74, 6) is 0.108. The van der Waals surface area contributed by atoms with Crippen molar-refractivity contribution in [2.24, 2.45) is 0 Å². The Balaban J connectivity index is 1.79. The Labute approximate surface area is 166 Å². The van der Waals surface area contributed by atoms with E-state index in [4.69, 9.17) is 11.6 Å². The Morgan fingerprint density at radius 3 is 2.43 bits per heavy atom. The van der Waals surface area contributed by atoms with Crippen LogP contribution in [0.1, 0.15) is 43.9 Å². The van der Waals surface area contributed by atoms with E-state index in [2.05, 4.69) is 10.3 Å². The number of fused-ring (bicyclic) bond motifs is 1. The molecule has 0 aliphatic carbocycles. The zero-order chi connectivity index (χ0) is 20.4. The van der Waals surface area contributed by atoms with Crippen LogP contribution in [-0.2, 0) is 0 Å². The lowest BCUT2D eigenvalue weighted by molar-refractivity contribution is 0.0697. The minimum absolute atomic E-state index is 0.108. The molecule has 1 N–H and O–H groups in total. The molecule has 2 amide bonds. The van der Waals surface area contributed by atoms with Gasteiger partial charge in [0.25, 0.3) is 0 Å². The molecule has 2 atom stereocenters. The minimum Gasteiger partial charge on any atom is -0.328 e.